The van der Waals surface area contributed by atoms with E-state index >= 15 is 0 Å². The van der Waals surface area contributed by atoms with Crippen molar-refractivity contribution in [1.82, 2.24) is 10.4 Å². The van der Waals surface area contributed by atoms with E-state index in [0.717, 1.165) is 10.6 Å². The second kappa shape index (κ2) is 8.35. The van der Waals surface area contributed by atoms with Gasteiger partial charge in [0.15, 0.2) is 6.04 Å². The van der Waals surface area contributed by atoms with Gasteiger partial charge in [-0.2, -0.15) is 0 Å². The number of rotatable bonds is 8. The summed E-state index contributed by atoms with van der Waals surface area (Å²) in [6.07, 6.45) is 0. The molecule has 0 saturated carbocycles. The molecule has 2 atom stereocenters. The van der Waals surface area contributed by atoms with Crippen LogP contribution in [0.3, 0.4) is 0 Å². The van der Waals surface area contributed by atoms with Gasteiger partial charge in [0, 0.05) is 0 Å². The lowest BCUT2D eigenvalue weighted by molar-refractivity contribution is -0.215. The molecule has 0 fully saturated rings. The molecule has 1 rings (SSSR count). The van der Waals surface area contributed by atoms with Crippen LogP contribution in [0, 0.1) is 0 Å². The number of carboxylic acids is 1. The Morgan fingerprint density at radius 1 is 1.33 bits per heavy atom. The number of likely N-dealkylation sites (N-methyl/N-ethyl adjacent to an activating group) is 1. The second-order valence-corrected chi connectivity index (χ2v) is 4.52. The van der Waals surface area contributed by atoms with Crippen LogP contribution in [0.25, 0.3) is 0 Å². The predicted octanol–water partition coefficient (Wildman–Crippen LogP) is 0.000200. The highest BCUT2D eigenvalue weighted by atomic mass is 16.7. The fraction of sp³-hybridized carbons (Fsp3) is 0.429. The highest BCUT2D eigenvalue weighted by molar-refractivity contribution is 5.76. The summed E-state index contributed by atoms with van der Waals surface area (Å²) in [5, 5.41) is 22.0. The fourth-order valence-electron chi connectivity index (χ4n) is 1.57. The van der Waals surface area contributed by atoms with Crippen LogP contribution in [-0.2, 0) is 21.0 Å². The molecule has 1 aromatic rings. The van der Waals surface area contributed by atoms with Crippen molar-refractivity contribution < 1.29 is 24.6 Å². The molecule has 0 aromatic heterocycles. The van der Waals surface area contributed by atoms with Crippen LogP contribution in [-0.4, -0.2) is 53.0 Å². The Kier molecular flexibility index (Phi) is 6.80. The predicted molar refractivity (Wildman–Crippen MR) is 75.1 cm³/mol. The molecule has 7 nitrogen and oxygen atoms in total. The molecule has 0 heterocycles. The maximum Gasteiger partial charge on any atom is 0.341 e. The number of carbonyl (C=O) groups is 2. The number of carboxylic acid groups (broad SMARTS) is 1. The number of carbonyl (C=O) groups excluding carboxylic acids is 1. The van der Waals surface area contributed by atoms with Crippen LogP contribution in [0.15, 0.2) is 30.3 Å². The molecule has 0 aliphatic carbocycles. The molecule has 0 bridgehead atoms. The molecule has 21 heavy (non-hydrogen) atoms. The number of aliphatic carboxylic acids is 1. The Labute approximate surface area is 123 Å². The van der Waals surface area contributed by atoms with Crippen molar-refractivity contribution >= 4 is 11.9 Å². The first kappa shape index (κ1) is 17.1. The van der Waals surface area contributed by atoms with E-state index in [4.69, 9.17) is 9.94 Å². The molecule has 0 unspecified atom stereocenters. The fourth-order valence-corrected chi connectivity index (χ4v) is 1.57. The summed E-state index contributed by atoms with van der Waals surface area (Å²) < 4.78 is 0. The van der Waals surface area contributed by atoms with Gasteiger partial charge in [-0.15, -0.1) is 5.06 Å². The first-order chi connectivity index (χ1) is 9.99. The zero-order valence-electron chi connectivity index (χ0n) is 12.0. The van der Waals surface area contributed by atoms with Crippen LogP contribution < -0.4 is 5.32 Å². The lowest BCUT2D eigenvalue weighted by Crippen LogP contribution is -2.47. The van der Waals surface area contributed by atoms with Crippen LogP contribution >= 0.6 is 0 Å². The Morgan fingerprint density at radius 3 is 2.43 bits per heavy atom. The first-order valence-electron chi connectivity index (χ1n) is 6.53. The highest BCUT2D eigenvalue weighted by Crippen LogP contribution is 2.10. The average molecular weight is 296 g/mol. The summed E-state index contributed by atoms with van der Waals surface area (Å²) in [7, 11) is 1.59. The molecule has 0 amide bonds. The summed E-state index contributed by atoms with van der Waals surface area (Å²) in [4.78, 5) is 28.1. The quantitative estimate of drug-likeness (QED) is 0.581. The van der Waals surface area contributed by atoms with E-state index in [0.29, 0.717) is 0 Å². The zero-order valence-corrected chi connectivity index (χ0v) is 12.0. The van der Waals surface area contributed by atoms with Gasteiger partial charge in [-0.25, -0.2) is 4.79 Å². The van der Waals surface area contributed by atoms with E-state index < -0.39 is 30.6 Å². The number of hydrogen-bond donors (Lipinski definition) is 3. The first-order valence-corrected chi connectivity index (χ1v) is 6.53. The summed E-state index contributed by atoms with van der Waals surface area (Å²) in [5.41, 5.74) is 0.766. The molecule has 0 aliphatic rings. The summed E-state index contributed by atoms with van der Waals surface area (Å²) >= 11 is 0. The van der Waals surface area contributed by atoms with Crippen LogP contribution in [0.5, 0.6) is 0 Å². The maximum atomic E-state index is 11.8. The van der Waals surface area contributed by atoms with Crippen molar-refractivity contribution in [3.63, 3.8) is 0 Å². The van der Waals surface area contributed by atoms with Gasteiger partial charge in [0.1, 0.15) is 6.04 Å². The van der Waals surface area contributed by atoms with E-state index in [2.05, 4.69) is 5.32 Å². The lowest BCUT2D eigenvalue weighted by atomic mass is 10.2. The third-order valence-corrected chi connectivity index (χ3v) is 2.98. The minimum atomic E-state index is -1.32. The van der Waals surface area contributed by atoms with E-state index in [1.807, 2.05) is 6.07 Å². The van der Waals surface area contributed by atoms with Gasteiger partial charge in [0.2, 0.25) is 0 Å². The smallest absolute Gasteiger partial charge is 0.341 e. The number of aliphatic hydroxyl groups is 1. The van der Waals surface area contributed by atoms with Gasteiger partial charge in [-0.3, -0.25) is 4.79 Å². The van der Waals surface area contributed by atoms with Crippen molar-refractivity contribution in [2.45, 2.75) is 25.6 Å². The minimum Gasteiger partial charge on any atom is -0.480 e. The van der Waals surface area contributed by atoms with Gasteiger partial charge >= 0.3 is 11.9 Å². The number of nitrogens with zero attached hydrogens (tertiary/aromatic N) is 1. The Bertz CT molecular complexity index is 466. The lowest BCUT2D eigenvalue weighted by Gasteiger charge is -2.27. The van der Waals surface area contributed by atoms with Crippen LogP contribution in [0.1, 0.15) is 12.5 Å². The summed E-state index contributed by atoms with van der Waals surface area (Å²) in [5.74, 6) is -1.88. The highest BCUT2D eigenvalue weighted by Gasteiger charge is 2.29. The normalized spacial score (nSPS) is 13.7. The molecule has 0 spiro atoms. The SMILES string of the molecule is CN[C@@H](C)C(=O)ON(Cc1ccccc1)[C@@H](CO)C(=O)O. The third kappa shape index (κ3) is 5.14. The van der Waals surface area contributed by atoms with E-state index in [9.17, 15) is 14.7 Å². The topological polar surface area (TPSA) is 99.1 Å². The Balaban J connectivity index is 2.88. The van der Waals surface area contributed by atoms with E-state index in [1.54, 1.807) is 38.2 Å². The zero-order chi connectivity index (χ0) is 15.8. The largest absolute Gasteiger partial charge is 0.480 e. The number of aliphatic hydroxyl groups excluding tert-OH is 1. The number of nitrogens with one attached hydrogen (secondary N) is 1. The molecular weight excluding hydrogens is 276 g/mol. The van der Waals surface area contributed by atoms with Crippen LogP contribution in [0.4, 0.5) is 0 Å². The van der Waals surface area contributed by atoms with E-state index in [-0.39, 0.29) is 6.54 Å². The molecule has 1 aromatic carbocycles. The van der Waals surface area contributed by atoms with Gasteiger partial charge in [-0.05, 0) is 19.5 Å². The van der Waals surface area contributed by atoms with Crippen LogP contribution in [0.2, 0.25) is 0 Å². The Morgan fingerprint density at radius 2 is 1.95 bits per heavy atom. The maximum absolute atomic E-state index is 11.8. The number of benzene rings is 1. The van der Waals surface area contributed by atoms with Crippen molar-refractivity contribution in [3.8, 4) is 0 Å². The number of hydrogen-bond acceptors (Lipinski definition) is 6. The standard InChI is InChI=1S/C14H20N2O5/c1-10(15-2)14(20)21-16(12(9-17)13(18)19)8-11-6-4-3-5-7-11/h3-7,10,12,15,17H,8-9H2,1-2H3,(H,18,19)/t10-,12-/m0/s1. The van der Waals surface area contributed by atoms with Crippen molar-refractivity contribution in [2.75, 3.05) is 13.7 Å². The number of hydroxylamine groups is 2. The molecule has 0 aliphatic heterocycles. The molecule has 3 N–H and O–H groups in total. The van der Waals surface area contributed by atoms with Gasteiger partial charge in [0.05, 0.1) is 13.2 Å². The van der Waals surface area contributed by atoms with E-state index in [1.165, 1.54) is 0 Å². The van der Waals surface area contributed by atoms with Crippen molar-refractivity contribution in [1.29, 1.82) is 0 Å². The summed E-state index contributed by atoms with van der Waals surface area (Å²) in [6.45, 7) is 1.00. The monoisotopic (exact) mass is 296 g/mol. The van der Waals surface area contributed by atoms with Crippen molar-refractivity contribution in [2.24, 2.45) is 0 Å². The second-order valence-electron chi connectivity index (χ2n) is 4.52. The van der Waals surface area contributed by atoms with Crippen molar-refractivity contribution in [3.05, 3.63) is 35.9 Å². The van der Waals surface area contributed by atoms with Gasteiger partial charge < -0.3 is 20.4 Å². The average Bonchev–Trinajstić information content (AvgIpc) is 2.47. The Hall–Kier alpha value is -1.96. The molecule has 116 valence electrons. The molecule has 7 heteroatoms. The molecular formula is C14H20N2O5. The van der Waals surface area contributed by atoms with Gasteiger partial charge in [0.25, 0.3) is 0 Å². The molecule has 0 radical (unpaired) electrons. The minimum absolute atomic E-state index is 0.0700. The van der Waals surface area contributed by atoms with Gasteiger partial charge in [-0.1, -0.05) is 30.3 Å². The third-order valence-electron chi connectivity index (χ3n) is 2.98. The molecule has 0 saturated heterocycles. The summed E-state index contributed by atoms with van der Waals surface area (Å²) in [6, 6.07) is 7.05.